The van der Waals surface area contributed by atoms with E-state index >= 15 is 0 Å². The van der Waals surface area contributed by atoms with E-state index in [4.69, 9.17) is 5.26 Å². The van der Waals surface area contributed by atoms with Gasteiger partial charge in [-0.3, -0.25) is 0 Å². The Morgan fingerprint density at radius 1 is 1.61 bits per heavy atom. The molecule has 0 aliphatic rings. The van der Waals surface area contributed by atoms with Gasteiger partial charge in [0.2, 0.25) is 0 Å². The minimum Gasteiger partial charge on any atom is -0.400 e. The van der Waals surface area contributed by atoms with Gasteiger partial charge in [-0.2, -0.15) is 5.26 Å². The quantitative estimate of drug-likeness (QED) is 0.352. The third-order valence-corrected chi connectivity index (χ3v) is 2.40. The summed E-state index contributed by atoms with van der Waals surface area (Å²) in [7, 11) is 0. The standard InChI is InChI=1S/C8H3F3IN3O3/c9-8(10,11)18-6-4(1-2-13)3-5(15(16)17)14-7(6)12/h3H,1H2. The van der Waals surface area contributed by atoms with Gasteiger partial charge in [0, 0.05) is 34.2 Å². The van der Waals surface area contributed by atoms with Gasteiger partial charge in [-0.05, 0) is 9.91 Å². The van der Waals surface area contributed by atoms with E-state index in [2.05, 4.69) is 9.72 Å². The Kier molecular flexibility index (Phi) is 4.28. The van der Waals surface area contributed by atoms with E-state index in [0.29, 0.717) is 0 Å². The predicted molar refractivity (Wildman–Crippen MR) is 59.6 cm³/mol. The van der Waals surface area contributed by atoms with Gasteiger partial charge in [0.15, 0.2) is 5.75 Å². The second-order valence-corrected chi connectivity index (χ2v) is 3.92. The van der Waals surface area contributed by atoms with Crippen molar-refractivity contribution < 1.29 is 22.8 Å². The molecule has 18 heavy (non-hydrogen) atoms. The summed E-state index contributed by atoms with van der Waals surface area (Å²) in [5.41, 5.74) is -0.235. The molecule has 0 radical (unpaired) electrons. The first-order chi connectivity index (χ1) is 8.24. The number of rotatable bonds is 3. The highest BCUT2D eigenvalue weighted by Crippen LogP contribution is 2.32. The molecular formula is C8H3F3IN3O3. The van der Waals surface area contributed by atoms with Crippen LogP contribution in [0, 0.1) is 25.1 Å². The third-order valence-electron chi connectivity index (χ3n) is 1.67. The maximum absolute atomic E-state index is 12.1. The maximum atomic E-state index is 12.1. The minimum absolute atomic E-state index is 0.235. The second-order valence-electron chi connectivity index (χ2n) is 2.90. The smallest absolute Gasteiger partial charge is 0.400 e. The van der Waals surface area contributed by atoms with Gasteiger partial charge in [0.1, 0.15) is 0 Å². The van der Waals surface area contributed by atoms with Crippen molar-refractivity contribution in [3.05, 3.63) is 25.4 Å². The van der Waals surface area contributed by atoms with Crippen LogP contribution in [-0.4, -0.2) is 16.3 Å². The van der Waals surface area contributed by atoms with Crippen LogP contribution in [0.2, 0.25) is 0 Å². The molecule has 0 atom stereocenters. The van der Waals surface area contributed by atoms with Crippen molar-refractivity contribution in [2.24, 2.45) is 0 Å². The lowest BCUT2D eigenvalue weighted by Gasteiger charge is -2.11. The molecule has 1 aromatic heterocycles. The van der Waals surface area contributed by atoms with Crippen molar-refractivity contribution in [2.75, 3.05) is 0 Å². The maximum Gasteiger partial charge on any atom is 0.573 e. The Hall–Kier alpha value is -1.64. The van der Waals surface area contributed by atoms with Crippen LogP contribution < -0.4 is 4.74 Å². The van der Waals surface area contributed by atoms with E-state index in [1.165, 1.54) is 22.6 Å². The molecule has 0 aliphatic heterocycles. The van der Waals surface area contributed by atoms with Gasteiger partial charge in [-0.25, -0.2) is 0 Å². The van der Waals surface area contributed by atoms with E-state index in [0.717, 1.165) is 6.07 Å². The van der Waals surface area contributed by atoms with Gasteiger partial charge in [-0.1, -0.05) is 0 Å². The van der Waals surface area contributed by atoms with Crippen LogP contribution in [0.1, 0.15) is 5.56 Å². The molecule has 0 N–H and O–H groups in total. The zero-order chi connectivity index (χ0) is 13.9. The third kappa shape index (κ3) is 3.69. The molecule has 96 valence electrons. The average Bonchev–Trinajstić information content (AvgIpc) is 2.21. The first-order valence-corrected chi connectivity index (χ1v) is 5.29. The van der Waals surface area contributed by atoms with Gasteiger partial charge >= 0.3 is 12.2 Å². The molecule has 0 bridgehead atoms. The Bertz CT molecular complexity index is 527. The molecule has 0 fully saturated rings. The van der Waals surface area contributed by atoms with Crippen molar-refractivity contribution in [1.82, 2.24) is 4.98 Å². The number of nitro groups is 1. The van der Waals surface area contributed by atoms with Gasteiger partial charge in [0.05, 0.1) is 12.5 Å². The number of halogens is 4. The largest absolute Gasteiger partial charge is 0.573 e. The monoisotopic (exact) mass is 373 g/mol. The Labute approximate surface area is 112 Å². The van der Waals surface area contributed by atoms with E-state index < -0.39 is 29.3 Å². The number of ether oxygens (including phenoxy) is 1. The molecule has 0 spiro atoms. The highest BCUT2D eigenvalue weighted by atomic mass is 127. The molecule has 0 saturated heterocycles. The average molecular weight is 373 g/mol. The summed E-state index contributed by atoms with van der Waals surface area (Å²) in [6, 6.07) is 2.39. The van der Waals surface area contributed by atoms with Crippen molar-refractivity contribution >= 4 is 28.4 Å². The summed E-state index contributed by atoms with van der Waals surface area (Å²) >= 11 is 1.37. The highest BCUT2D eigenvalue weighted by Gasteiger charge is 2.35. The van der Waals surface area contributed by atoms with E-state index in [1.54, 1.807) is 6.07 Å². The fourth-order valence-corrected chi connectivity index (χ4v) is 1.77. The van der Waals surface area contributed by atoms with Gasteiger partial charge in [0.25, 0.3) is 3.70 Å². The van der Waals surface area contributed by atoms with Crippen molar-refractivity contribution in [3.8, 4) is 11.8 Å². The summed E-state index contributed by atoms with van der Waals surface area (Å²) in [5, 5.41) is 19.0. The summed E-state index contributed by atoms with van der Waals surface area (Å²) in [6.45, 7) is 0. The summed E-state index contributed by atoms with van der Waals surface area (Å²) in [4.78, 5) is 13.0. The summed E-state index contributed by atoms with van der Waals surface area (Å²) in [6.07, 6.45) is -5.41. The molecule has 0 aliphatic carbocycles. The van der Waals surface area contributed by atoms with E-state index in [1.807, 2.05) is 0 Å². The minimum atomic E-state index is -4.96. The number of nitriles is 1. The predicted octanol–water partition coefficient (Wildman–Crippen LogP) is 2.56. The second kappa shape index (κ2) is 5.34. The topological polar surface area (TPSA) is 89.0 Å². The Morgan fingerprint density at radius 2 is 2.22 bits per heavy atom. The molecule has 6 nitrogen and oxygen atoms in total. The van der Waals surface area contributed by atoms with Crippen molar-refractivity contribution in [3.63, 3.8) is 0 Å². The molecular weight excluding hydrogens is 370 g/mol. The number of hydrogen-bond donors (Lipinski definition) is 0. The Morgan fingerprint density at radius 3 is 2.67 bits per heavy atom. The SMILES string of the molecule is N#CCc1cc([N+](=O)[O-])nc(I)c1OC(F)(F)F. The van der Waals surface area contributed by atoms with Crippen LogP contribution in [0.5, 0.6) is 5.75 Å². The van der Waals surface area contributed by atoms with Gasteiger partial charge in [-0.15, -0.1) is 13.2 Å². The first kappa shape index (κ1) is 14.4. The normalized spacial score (nSPS) is 10.8. The number of nitrogens with zero attached hydrogens (tertiary/aromatic N) is 3. The fourth-order valence-electron chi connectivity index (χ4n) is 1.07. The Balaban J connectivity index is 3.32. The number of hydrogen-bond acceptors (Lipinski definition) is 5. The zero-order valence-corrected chi connectivity index (χ0v) is 10.5. The van der Waals surface area contributed by atoms with Crippen LogP contribution in [-0.2, 0) is 6.42 Å². The van der Waals surface area contributed by atoms with Crippen LogP contribution in [0.25, 0.3) is 0 Å². The highest BCUT2D eigenvalue weighted by molar-refractivity contribution is 14.1. The summed E-state index contributed by atoms with van der Waals surface area (Å²) < 4.78 is 39.8. The van der Waals surface area contributed by atoms with Crippen LogP contribution in [0.4, 0.5) is 19.0 Å². The van der Waals surface area contributed by atoms with Crippen LogP contribution >= 0.6 is 22.6 Å². The molecule has 1 rings (SSSR count). The molecule has 0 amide bonds. The lowest BCUT2D eigenvalue weighted by Crippen LogP contribution is -2.19. The molecule has 0 aromatic carbocycles. The molecule has 0 unspecified atom stereocenters. The van der Waals surface area contributed by atoms with Gasteiger partial charge < -0.3 is 14.9 Å². The molecule has 1 aromatic rings. The van der Waals surface area contributed by atoms with Crippen molar-refractivity contribution in [1.29, 1.82) is 5.26 Å². The van der Waals surface area contributed by atoms with E-state index in [9.17, 15) is 23.3 Å². The number of pyridine rings is 1. The lowest BCUT2D eigenvalue weighted by atomic mass is 10.2. The lowest BCUT2D eigenvalue weighted by molar-refractivity contribution is -0.389. The molecule has 1 heterocycles. The number of alkyl halides is 3. The van der Waals surface area contributed by atoms with E-state index in [-0.39, 0.29) is 9.26 Å². The number of aromatic nitrogens is 1. The van der Waals surface area contributed by atoms with Crippen molar-refractivity contribution in [2.45, 2.75) is 12.8 Å². The molecule has 10 heteroatoms. The molecule has 0 saturated carbocycles. The van der Waals surface area contributed by atoms with Crippen LogP contribution in [0.3, 0.4) is 0 Å². The zero-order valence-electron chi connectivity index (χ0n) is 8.36. The summed E-state index contributed by atoms with van der Waals surface area (Å²) in [5.74, 6) is -1.32. The first-order valence-electron chi connectivity index (χ1n) is 4.21. The van der Waals surface area contributed by atoms with Crippen LogP contribution in [0.15, 0.2) is 6.07 Å². The fraction of sp³-hybridized carbons (Fsp3) is 0.250.